The van der Waals surface area contributed by atoms with Gasteiger partial charge in [0, 0.05) is 28.9 Å². The van der Waals surface area contributed by atoms with Crippen LogP contribution in [0.4, 0.5) is 0 Å². The number of nitrogens with one attached hydrogen (secondary N) is 1. The Bertz CT molecular complexity index is 317. The van der Waals surface area contributed by atoms with E-state index in [1.165, 1.54) is 35.6 Å². The first-order chi connectivity index (χ1) is 7.78. The fourth-order valence-corrected chi connectivity index (χ4v) is 2.91. The maximum absolute atomic E-state index is 3.56. The van der Waals surface area contributed by atoms with Crippen molar-refractivity contribution in [1.82, 2.24) is 10.2 Å². The van der Waals surface area contributed by atoms with E-state index in [0.717, 1.165) is 19.1 Å². The van der Waals surface area contributed by atoms with Crippen LogP contribution >= 0.6 is 11.3 Å². The predicted molar refractivity (Wildman–Crippen MR) is 70.8 cm³/mol. The Hall–Kier alpha value is -0.380. The Balaban J connectivity index is 1.76. The molecule has 1 heterocycles. The van der Waals surface area contributed by atoms with Crippen LogP contribution in [0.2, 0.25) is 0 Å². The van der Waals surface area contributed by atoms with Gasteiger partial charge in [0.2, 0.25) is 0 Å². The molecule has 1 saturated carbocycles. The summed E-state index contributed by atoms with van der Waals surface area (Å²) in [5.41, 5.74) is 0. The van der Waals surface area contributed by atoms with Crippen LogP contribution in [0.15, 0.2) is 12.1 Å². The summed E-state index contributed by atoms with van der Waals surface area (Å²) in [6.45, 7) is 5.58. The van der Waals surface area contributed by atoms with Gasteiger partial charge in [0.1, 0.15) is 0 Å². The number of thiophene rings is 1. The molecule has 1 aromatic heterocycles. The highest BCUT2D eigenvalue weighted by molar-refractivity contribution is 7.11. The van der Waals surface area contributed by atoms with Crippen molar-refractivity contribution >= 4 is 11.3 Å². The average Bonchev–Trinajstić information content (AvgIpc) is 2.98. The van der Waals surface area contributed by atoms with Crippen LogP contribution in [0.25, 0.3) is 0 Å². The molecule has 0 spiro atoms. The summed E-state index contributed by atoms with van der Waals surface area (Å²) in [5, 5.41) is 3.56. The zero-order chi connectivity index (χ0) is 11.4. The Labute approximate surface area is 103 Å². The zero-order valence-electron chi connectivity index (χ0n) is 10.3. The second-order valence-electron chi connectivity index (χ2n) is 4.76. The lowest BCUT2D eigenvalue weighted by molar-refractivity contribution is 0.330. The largest absolute Gasteiger partial charge is 0.309 e. The highest BCUT2D eigenvalue weighted by Gasteiger charge is 2.20. The molecular formula is C13H22N2S. The second-order valence-corrected chi connectivity index (χ2v) is 6.01. The molecule has 0 saturated heterocycles. The minimum absolute atomic E-state index is 0.813. The van der Waals surface area contributed by atoms with Gasteiger partial charge >= 0.3 is 0 Å². The van der Waals surface area contributed by atoms with Crippen LogP contribution in [0.1, 0.15) is 35.9 Å². The van der Waals surface area contributed by atoms with Crippen LogP contribution in [0, 0.1) is 0 Å². The van der Waals surface area contributed by atoms with Crippen molar-refractivity contribution in [1.29, 1.82) is 0 Å². The van der Waals surface area contributed by atoms with E-state index >= 15 is 0 Å². The number of hydrogen-bond acceptors (Lipinski definition) is 3. The lowest BCUT2D eigenvalue weighted by Crippen LogP contribution is -2.17. The van der Waals surface area contributed by atoms with Crippen molar-refractivity contribution < 1.29 is 0 Å². The number of rotatable bonds is 7. The maximum atomic E-state index is 3.56. The molecule has 1 aliphatic rings. The van der Waals surface area contributed by atoms with Gasteiger partial charge in [-0.05, 0) is 45.0 Å². The lowest BCUT2D eigenvalue weighted by atomic mass is 10.3. The van der Waals surface area contributed by atoms with E-state index in [-0.39, 0.29) is 0 Å². The summed E-state index contributed by atoms with van der Waals surface area (Å²) >= 11 is 1.95. The minimum Gasteiger partial charge on any atom is -0.309 e. The summed E-state index contributed by atoms with van der Waals surface area (Å²) in [5.74, 6) is 0. The highest BCUT2D eigenvalue weighted by atomic mass is 32.1. The lowest BCUT2D eigenvalue weighted by Gasteiger charge is -2.13. The van der Waals surface area contributed by atoms with E-state index in [4.69, 9.17) is 0 Å². The second kappa shape index (κ2) is 5.80. The Morgan fingerprint density at radius 2 is 2.12 bits per heavy atom. The summed E-state index contributed by atoms with van der Waals surface area (Å²) < 4.78 is 0. The first-order valence-corrected chi connectivity index (χ1v) is 7.09. The van der Waals surface area contributed by atoms with Crippen molar-refractivity contribution in [3.8, 4) is 0 Å². The fraction of sp³-hybridized carbons (Fsp3) is 0.692. The van der Waals surface area contributed by atoms with Gasteiger partial charge in [0.15, 0.2) is 0 Å². The minimum atomic E-state index is 0.813. The van der Waals surface area contributed by atoms with Crippen molar-refractivity contribution in [2.75, 3.05) is 13.6 Å². The Kier molecular flexibility index (Phi) is 4.38. The molecule has 0 bridgehead atoms. The third-order valence-electron chi connectivity index (χ3n) is 2.89. The van der Waals surface area contributed by atoms with Crippen LogP contribution in [-0.2, 0) is 13.1 Å². The normalized spacial score (nSPS) is 15.9. The maximum Gasteiger partial charge on any atom is 0.0324 e. The molecule has 0 aromatic carbocycles. The molecule has 0 unspecified atom stereocenters. The summed E-state index contributed by atoms with van der Waals surface area (Å²) in [6, 6.07) is 5.36. The van der Waals surface area contributed by atoms with Crippen LogP contribution in [0.5, 0.6) is 0 Å². The van der Waals surface area contributed by atoms with Gasteiger partial charge in [0.25, 0.3) is 0 Å². The standard InChI is InChI=1S/C13H22N2S/c1-3-8-15(2)10-13-7-6-12(16-13)9-14-11-4-5-11/h6-7,11,14H,3-5,8-10H2,1-2H3. The zero-order valence-corrected chi connectivity index (χ0v) is 11.1. The SMILES string of the molecule is CCCN(C)Cc1ccc(CNC2CC2)s1. The first kappa shape index (κ1) is 12.1. The molecule has 3 heteroatoms. The fourth-order valence-electron chi connectivity index (χ4n) is 1.86. The molecule has 16 heavy (non-hydrogen) atoms. The predicted octanol–water partition coefficient (Wildman–Crippen LogP) is 2.84. The van der Waals surface area contributed by atoms with E-state index in [1.807, 2.05) is 11.3 Å². The molecule has 1 fully saturated rings. The van der Waals surface area contributed by atoms with Crippen molar-refractivity contribution in [3.63, 3.8) is 0 Å². The van der Waals surface area contributed by atoms with Gasteiger partial charge in [-0.25, -0.2) is 0 Å². The van der Waals surface area contributed by atoms with Gasteiger partial charge in [-0.1, -0.05) is 6.92 Å². The Morgan fingerprint density at radius 1 is 1.38 bits per heavy atom. The van der Waals surface area contributed by atoms with Crippen LogP contribution < -0.4 is 5.32 Å². The molecule has 1 aromatic rings. The highest BCUT2D eigenvalue weighted by Crippen LogP contribution is 2.22. The molecule has 90 valence electrons. The van der Waals surface area contributed by atoms with E-state index in [2.05, 4.69) is 36.3 Å². The van der Waals surface area contributed by atoms with E-state index in [0.29, 0.717) is 0 Å². The van der Waals surface area contributed by atoms with Gasteiger partial charge < -0.3 is 10.2 Å². The smallest absolute Gasteiger partial charge is 0.0324 e. The van der Waals surface area contributed by atoms with E-state index in [9.17, 15) is 0 Å². The molecule has 0 amide bonds. The van der Waals surface area contributed by atoms with E-state index < -0.39 is 0 Å². The molecular weight excluding hydrogens is 216 g/mol. The van der Waals surface area contributed by atoms with Crippen molar-refractivity contribution in [2.45, 2.75) is 45.3 Å². The first-order valence-electron chi connectivity index (χ1n) is 6.27. The van der Waals surface area contributed by atoms with Gasteiger partial charge in [0.05, 0.1) is 0 Å². The van der Waals surface area contributed by atoms with Gasteiger partial charge in [-0.2, -0.15) is 0 Å². The van der Waals surface area contributed by atoms with Crippen molar-refractivity contribution in [3.05, 3.63) is 21.9 Å². The molecule has 0 aliphatic heterocycles. The molecule has 0 atom stereocenters. The summed E-state index contributed by atoms with van der Waals surface area (Å²) in [7, 11) is 2.20. The molecule has 2 nitrogen and oxygen atoms in total. The third-order valence-corrected chi connectivity index (χ3v) is 3.96. The molecule has 0 radical (unpaired) electrons. The summed E-state index contributed by atoms with van der Waals surface area (Å²) in [4.78, 5) is 5.36. The van der Waals surface area contributed by atoms with Crippen molar-refractivity contribution in [2.24, 2.45) is 0 Å². The van der Waals surface area contributed by atoms with E-state index in [1.54, 1.807) is 0 Å². The Morgan fingerprint density at radius 3 is 2.81 bits per heavy atom. The third kappa shape index (κ3) is 3.89. The van der Waals surface area contributed by atoms with Crippen LogP contribution in [0.3, 0.4) is 0 Å². The summed E-state index contributed by atoms with van der Waals surface area (Å²) in [6.07, 6.45) is 3.98. The molecule has 2 rings (SSSR count). The van der Waals surface area contributed by atoms with Gasteiger partial charge in [-0.3, -0.25) is 0 Å². The molecule has 1 aliphatic carbocycles. The van der Waals surface area contributed by atoms with Gasteiger partial charge in [-0.15, -0.1) is 11.3 Å². The average molecular weight is 238 g/mol. The monoisotopic (exact) mass is 238 g/mol. The quantitative estimate of drug-likeness (QED) is 0.786. The van der Waals surface area contributed by atoms with Crippen LogP contribution in [-0.4, -0.2) is 24.5 Å². The number of nitrogens with zero attached hydrogens (tertiary/aromatic N) is 1. The molecule has 1 N–H and O–H groups in total. The topological polar surface area (TPSA) is 15.3 Å². The number of hydrogen-bond donors (Lipinski definition) is 1.